The van der Waals surface area contributed by atoms with E-state index in [1.165, 1.54) is 144 Å². The van der Waals surface area contributed by atoms with Gasteiger partial charge in [0.2, 0.25) is 0 Å². The van der Waals surface area contributed by atoms with E-state index >= 15 is 0 Å². The van der Waals surface area contributed by atoms with Gasteiger partial charge in [-0.25, -0.2) is 0 Å². The largest absolute Gasteiger partial charge is 0.456 e. The lowest BCUT2D eigenvalue weighted by atomic mass is 9.82. The topological polar surface area (TPSA) is 49.1 Å². The summed E-state index contributed by atoms with van der Waals surface area (Å²) < 4.78 is 19.5. The molecule has 3 aromatic heterocycles. The highest BCUT2D eigenvalue weighted by Crippen LogP contribution is 2.57. The van der Waals surface area contributed by atoms with Crippen LogP contribution in [0.4, 0.5) is 51.2 Å². The van der Waals surface area contributed by atoms with E-state index in [-0.39, 0.29) is 16.2 Å². The Morgan fingerprint density at radius 1 is 0.158 bits per heavy atom. The zero-order valence-corrected chi connectivity index (χ0v) is 78.2. The quantitative estimate of drug-likeness (QED) is 0.108. The highest BCUT2D eigenvalue weighted by atomic mass is 16.3. The maximum Gasteiger partial charge on any atom is 0.159 e. The van der Waals surface area contributed by atoms with Crippen molar-refractivity contribution in [1.82, 2.24) is 0 Å². The van der Waals surface area contributed by atoms with E-state index in [4.69, 9.17) is 13.3 Å². The first-order valence-electron chi connectivity index (χ1n) is 48.1. The highest BCUT2D eigenvalue weighted by molar-refractivity contribution is 6.14. The zero-order valence-electron chi connectivity index (χ0n) is 78.2. The molecule has 0 aliphatic heterocycles. The van der Waals surface area contributed by atoms with Crippen molar-refractivity contribution in [2.45, 2.75) is 57.8 Å². The molecular weight excluding hydrogens is 1690 g/mol. The van der Waals surface area contributed by atoms with Gasteiger partial charge in [0.25, 0.3) is 0 Å². The van der Waals surface area contributed by atoms with Crippen LogP contribution in [0, 0.1) is 0 Å². The lowest BCUT2D eigenvalue weighted by Gasteiger charge is -2.27. The SMILES string of the molecule is CC1(C)c2ccc(N(c3ccc(-c4ccccc4)cc3)c3ccc(-c4ccccc4)cc3)cc2-c2cc3c(cc21)oc1ccccc13.CC1(C)c2ccc(N(c3ccccc3)c3ccc(-c4ccc5ccccc5c4)cc3)cc2-c2cc3c(cc21)oc1ccccc13.CC1(C)c2ccccc2-c2cc3c(cc21)oc1c(N(c2ccc(-c4ccccc4)cc2)c2ccc(-c4ccccc4)cc2)cccc13. The van der Waals surface area contributed by atoms with Crippen LogP contribution in [0.3, 0.4) is 0 Å². The third-order valence-corrected chi connectivity index (χ3v) is 29.4. The summed E-state index contributed by atoms with van der Waals surface area (Å²) in [7, 11) is 0. The van der Waals surface area contributed by atoms with Crippen molar-refractivity contribution >= 4 is 128 Å². The predicted molar refractivity (Wildman–Crippen MR) is 583 cm³/mol. The van der Waals surface area contributed by atoms with Crippen molar-refractivity contribution in [1.29, 1.82) is 0 Å². The number of anilines is 9. The molecule has 3 heterocycles. The second-order valence-electron chi connectivity index (χ2n) is 38.6. The molecule has 3 aliphatic carbocycles. The number of hydrogen-bond donors (Lipinski definition) is 0. The normalized spacial score (nSPS) is 13.1. The van der Waals surface area contributed by atoms with Gasteiger partial charge in [0.15, 0.2) is 5.58 Å². The van der Waals surface area contributed by atoms with Gasteiger partial charge in [-0.1, -0.05) is 363 Å². The molecule has 0 radical (unpaired) electrons. The summed E-state index contributed by atoms with van der Waals surface area (Å²) in [6.45, 7) is 13.9. The van der Waals surface area contributed by atoms with E-state index in [0.29, 0.717) is 0 Å². The Balaban J connectivity index is 0.000000110. The molecule has 6 nitrogen and oxygen atoms in total. The van der Waals surface area contributed by atoms with Crippen molar-refractivity contribution < 1.29 is 13.3 Å². The van der Waals surface area contributed by atoms with Crippen LogP contribution in [0.25, 0.3) is 166 Å². The molecule has 0 fully saturated rings. The number of para-hydroxylation sites is 4. The number of hydrogen-bond acceptors (Lipinski definition) is 6. The first kappa shape index (κ1) is 83.5. The van der Waals surface area contributed by atoms with Crippen LogP contribution < -0.4 is 14.7 Å². The summed E-state index contributed by atoms with van der Waals surface area (Å²) in [6, 6.07) is 172. The molecule has 662 valence electrons. The fourth-order valence-corrected chi connectivity index (χ4v) is 22.1. The lowest BCUT2D eigenvalue weighted by Crippen LogP contribution is -2.15. The fraction of sp³-hybridized carbons (Fsp3) is 0.0677. The monoisotopic (exact) mass is 1780 g/mol. The van der Waals surface area contributed by atoms with Crippen molar-refractivity contribution in [2.24, 2.45) is 0 Å². The third kappa shape index (κ3) is 14.6. The molecule has 0 amide bonds. The van der Waals surface area contributed by atoms with Gasteiger partial charge < -0.3 is 28.0 Å². The summed E-state index contributed by atoms with van der Waals surface area (Å²) in [4.78, 5) is 7.06. The van der Waals surface area contributed by atoms with Gasteiger partial charge in [0.05, 0.1) is 5.69 Å². The van der Waals surface area contributed by atoms with Crippen LogP contribution in [0.15, 0.2) is 492 Å². The summed E-state index contributed by atoms with van der Waals surface area (Å²) in [5, 5.41) is 9.44. The third-order valence-electron chi connectivity index (χ3n) is 29.4. The number of nitrogens with zero attached hydrogens (tertiary/aromatic N) is 3. The molecule has 0 saturated heterocycles. The van der Waals surface area contributed by atoms with Crippen LogP contribution in [0.2, 0.25) is 0 Å². The van der Waals surface area contributed by atoms with Gasteiger partial charge in [-0.05, 0) is 291 Å². The van der Waals surface area contributed by atoms with E-state index in [0.717, 1.165) is 106 Å². The van der Waals surface area contributed by atoms with E-state index in [1.54, 1.807) is 0 Å². The average Bonchev–Trinajstić information content (AvgIpc) is 1.56. The van der Waals surface area contributed by atoms with Crippen LogP contribution in [-0.4, -0.2) is 0 Å². The van der Waals surface area contributed by atoms with Crippen molar-refractivity contribution in [3.8, 4) is 89.0 Å². The Bertz CT molecular complexity index is 8680. The molecule has 0 spiro atoms. The van der Waals surface area contributed by atoms with Crippen molar-refractivity contribution in [3.05, 3.63) is 513 Å². The highest BCUT2D eigenvalue weighted by Gasteiger charge is 2.41. The summed E-state index contributed by atoms with van der Waals surface area (Å²) in [5.41, 5.74) is 42.9. The average molecular weight is 1790 g/mol. The second kappa shape index (κ2) is 33.6. The van der Waals surface area contributed by atoms with E-state index < -0.39 is 0 Å². The Hall–Kier alpha value is -17.3. The second-order valence-corrected chi connectivity index (χ2v) is 38.6. The fourth-order valence-electron chi connectivity index (χ4n) is 22.1. The minimum Gasteiger partial charge on any atom is -0.456 e. The minimum absolute atomic E-state index is 0.0883. The van der Waals surface area contributed by atoms with Gasteiger partial charge in [0.1, 0.15) is 27.9 Å². The number of rotatable bonds is 14. The molecule has 0 atom stereocenters. The van der Waals surface area contributed by atoms with E-state index in [1.807, 2.05) is 12.1 Å². The van der Waals surface area contributed by atoms with Crippen LogP contribution >= 0.6 is 0 Å². The molecule has 24 aromatic rings. The first-order chi connectivity index (χ1) is 68.1. The van der Waals surface area contributed by atoms with Crippen LogP contribution in [-0.2, 0) is 16.2 Å². The molecule has 0 N–H and O–H groups in total. The minimum atomic E-state index is -0.143. The molecule has 3 aliphatic rings. The molecule has 139 heavy (non-hydrogen) atoms. The Labute approximate surface area is 809 Å². The number of fused-ring (bicyclic) bond motifs is 19. The van der Waals surface area contributed by atoms with Gasteiger partial charge in [-0.3, -0.25) is 0 Å². The van der Waals surface area contributed by atoms with Crippen LogP contribution in [0.1, 0.15) is 74.9 Å². The summed E-state index contributed by atoms with van der Waals surface area (Å²) in [6.07, 6.45) is 0. The van der Waals surface area contributed by atoms with Gasteiger partial charge >= 0.3 is 0 Å². The lowest BCUT2D eigenvalue weighted by molar-refractivity contribution is 0.647. The smallest absolute Gasteiger partial charge is 0.159 e. The molecule has 21 aromatic carbocycles. The molecule has 6 heteroatoms. The van der Waals surface area contributed by atoms with Crippen molar-refractivity contribution in [2.75, 3.05) is 14.7 Å². The van der Waals surface area contributed by atoms with E-state index in [9.17, 15) is 0 Å². The van der Waals surface area contributed by atoms with Gasteiger partial charge in [-0.2, -0.15) is 0 Å². The first-order valence-corrected chi connectivity index (χ1v) is 48.1. The standard InChI is InChI=1S/2C45H33NO.C43H31NO/c1-45(2)40-18-10-9-16-36(40)38-28-39-37-17-11-19-42(44(37)47-43(39)29-41(38)45)46(34-24-20-32(21-25-34)30-12-5-3-6-13-30)35-26-22-33(23-27-35)31-14-7-4-8-15-31;1-45(2)41-26-25-36(27-38(41)39-28-40-37-15-9-10-16-43(37)47-44(40)29-42(39)45)46(34-21-17-32(18-22-34)30-11-5-3-6-12-30)35-23-19-33(20-24-35)31-13-7-4-8-14-31;1-43(2)39-23-22-34(25-36(39)37-26-38-35-14-8-9-15-41(35)45-42(38)27-40(37)43)44(32-12-4-3-5-13-32)33-20-18-29(19-21-33)31-17-16-28-10-6-7-11-30(28)24-31/h2*3-29H,1-2H3;3-27H,1-2H3. The number of benzene rings is 21. The summed E-state index contributed by atoms with van der Waals surface area (Å²) >= 11 is 0. The Morgan fingerprint density at radius 3 is 0.885 bits per heavy atom. The molecule has 0 saturated carbocycles. The number of furan rings is 3. The van der Waals surface area contributed by atoms with Crippen molar-refractivity contribution in [3.63, 3.8) is 0 Å². The molecule has 27 rings (SSSR count). The molecule has 0 unspecified atom stereocenters. The maximum absolute atomic E-state index is 6.87. The van der Waals surface area contributed by atoms with Crippen LogP contribution in [0.5, 0.6) is 0 Å². The Kier molecular flexibility index (Phi) is 20.2. The maximum atomic E-state index is 6.87. The van der Waals surface area contributed by atoms with E-state index in [2.05, 4.69) is 523 Å². The molecule has 0 bridgehead atoms. The predicted octanol–water partition coefficient (Wildman–Crippen LogP) is 37.6. The molecular formula is C133H97N3O3. The summed E-state index contributed by atoms with van der Waals surface area (Å²) in [5.74, 6) is 0. The zero-order chi connectivity index (χ0) is 93.2. The Morgan fingerprint density at radius 2 is 0.453 bits per heavy atom. The van der Waals surface area contributed by atoms with Gasteiger partial charge in [-0.15, -0.1) is 0 Å². The van der Waals surface area contributed by atoms with Gasteiger partial charge in [0, 0.05) is 94.1 Å².